The molecule has 5 rings (SSSR count). The fourth-order valence-electron chi connectivity index (χ4n) is 4.42. The molecule has 0 saturated heterocycles. The fourth-order valence-corrected chi connectivity index (χ4v) is 4.42. The molecule has 0 aliphatic heterocycles. The number of aromatic nitrogens is 2. The van der Waals surface area contributed by atoms with Gasteiger partial charge in [-0.05, 0) is 41.5 Å². The largest absolute Gasteiger partial charge is 0.380 e. The molecule has 0 aliphatic rings. The molecular formula is C29H25N5O. The van der Waals surface area contributed by atoms with Gasteiger partial charge in [0.15, 0.2) is 5.82 Å². The standard InChI is InChI=1S/C29H25N5O/c1-20-13-24(19-35-2)27(15-30)29(32-20)33-31-16-25-18-34(28-10-6-5-9-26(25)28)17-21-11-12-22-7-3-4-8-23(22)14-21/h3-14,16,18H,17,19H2,1-2H3,(H,32,33)/b31-16+. The molecule has 172 valence electrons. The first-order chi connectivity index (χ1) is 17.2. The van der Waals surface area contributed by atoms with Crippen LogP contribution in [0.25, 0.3) is 21.7 Å². The van der Waals surface area contributed by atoms with Gasteiger partial charge in [0.25, 0.3) is 0 Å². The lowest BCUT2D eigenvalue weighted by Crippen LogP contribution is -2.03. The van der Waals surface area contributed by atoms with E-state index in [-0.39, 0.29) is 0 Å². The van der Waals surface area contributed by atoms with E-state index < -0.39 is 0 Å². The highest BCUT2D eigenvalue weighted by Crippen LogP contribution is 2.24. The van der Waals surface area contributed by atoms with Crippen LogP contribution in [0.15, 0.2) is 84.1 Å². The van der Waals surface area contributed by atoms with Crippen LogP contribution in [0.3, 0.4) is 0 Å². The number of fused-ring (bicyclic) bond motifs is 2. The molecule has 0 spiro atoms. The predicted octanol–water partition coefficient (Wildman–Crippen LogP) is 6.01. The summed E-state index contributed by atoms with van der Waals surface area (Å²) < 4.78 is 7.47. The Kier molecular flexibility index (Phi) is 6.25. The van der Waals surface area contributed by atoms with Crippen LogP contribution in [0.2, 0.25) is 0 Å². The summed E-state index contributed by atoms with van der Waals surface area (Å²) in [6, 6.07) is 27.3. The van der Waals surface area contributed by atoms with Crippen molar-refractivity contribution in [3.05, 3.63) is 107 Å². The Morgan fingerprint density at radius 1 is 1.06 bits per heavy atom. The fraction of sp³-hybridized carbons (Fsp3) is 0.138. The Morgan fingerprint density at radius 2 is 1.86 bits per heavy atom. The number of anilines is 1. The molecule has 0 unspecified atom stereocenters. The molecule has 0 atom stereocenters. The van der Waals surface area contributed by atoms with Crippen molar-refractivity contribution in [3.63, 3.8) is 0 Å². The Morgan fingerprint density at radius 3 is 2.69 bits per heavy atom. The zero-order valence-electron chi connectivity index (χ0n) is 19.7. The molecule has 5 aromatic rings. The summed E-state index contributed by atoms with van der Waals surface area (Å²) in [6.45, 7) is 2.98. The number of pyridine rings is 1. The van der Waals surface area contributed by atoms with E-state index in [4.69, 9.17) is 4.74 Å². The number of hydrogen-bond acceptors (Lipinski definition) is 5. The highest BCUT2D eigenvalue weighted by molar-refractivity contribution is 5.99. The van der Waals surface area contributed by atoms with E-state index in [1.807, 2.05) is 25.1 Å². The van der Waals surface area contributed by atoms with Gasteiger partial charge in [-0.3, -0.25) is 5.43 Å². The molecular weight excluding hydrogens is 434 g/mol. The third-order valence-electron chi connectivity index (χ3n) is 6.00. The van der Waals surface area contributed by atoms with Gasteiger partial charge in [-0.25, -0.2) is 4.98 Å². The number of benzene rings is 3. The molecule has 0 radical (unpaired) electrons. The second-order valence-corrected chi connectivity index (χ2v) is 8.47. The zero-order valence-corrected chi connectivity index (χ0v) is 19.7. The Balaban J connectivity index is 1.44. The van der Waals surface area contributed by atoms with Crippen LogP contribution >= 0.6 is 0 Å². The summed E-state index contributed by atoms with van der Waals surface area (Å²) in [5.41, 5.74) is 8.34. The van der Waals surface area contributed by atoms with Crippen molar-refractivity contribution in [2.45, 2.75) is 20.1 Å². The Hall–Kier alpha value is -4.47. The van der Waals surface area contributed by atoms with Gasteiger partial charge in [0.2, 0.25) is 0 Å². The van der Waals surface area contributed by atoms with Crippen molar-refractivity contribution in [3.8, 4) is 6.07 Å². The van der Waals surface area contributed by atoms with Crippen LogP contribution in [-0.4, -0.2) is 22.9 Å². The molecule has 0 bridgehead atoms. The molecule has 0 amide bonds. The van der Waals surface area contributed by atoms with Crippen molar-refractivity contribution in [2.24, 2.45) is 5.10 Å². The molecule has 35 heavy (non-hydrogen) atoms. The lowest BCUT2D eigenvalue weighted by Gasteiger charge is -2.09. The molecule has 6 heteroatoms. The third kappa shape index (κ3) is 4.63. The number of hydrazone groups is 1. The smallest absolute Gasteiger partial charge is 0.164 e. The average Bonchev–Trinajstić information content (AvgIpc) is 3.21. The van der Waals surface area contributed by atoms with Crippen LogP contribution in [0.4, 0.5) is 5.82 Å². The quantitative estimate of drug-likeness (QED) is 0.239. The number of hydrogen-bond donors (Lipinski definition) is 1. The van der Waals surface area contributed by atoms with Gasteiger partial charge in [-0.15, -0.1) is 0 Å². The first-order valence-electron chi connectivity index (χ1n) is 11.4. The topological polar surface area (TPSA) is 75.2 Å². The van der Waals surface area contributed by atoms with Gasteiger partial charge in [0, 0.05) is 47.6 Å². The lowest BCUT2D eigenvalue weighted by molar-refractivity contribution is 0.184. The summed E-state index contributed by atoms with van der Waals surface area (Å²) >= 11 is 0. The van der Waals surface area contributed by atoms with Crippen LogP contribution in [-0.2, 0) is 17.9 Å². The highest BCUT2D eigenvalue weighted by atomic mass is 16.5. The van der Waals surface area contributed by atoms with Crippen LogP contribution in [0.1, 0.15) is 27.9 Å². The number of nitrogens with zero attached hydrogens (tertiary/aromatic N) is 4. The SMILES string of the molecule is COCc1cc(C)nc(N/N=C/c2cn(Cc3ccc4ccccc4c3)c3ccccc23)c1C#N. The molecule has 1 N–H and O–H groups in total. The lowest BCUT2D eigenvalue weighted by atomic mass is 10.1. The minimum Gasteiger partial charge on any atom is -0.380 e. The van der Waals surface area contributed by atoms with E-state index in [9.17, 15) is 5.26 Å². The van der Waals surface area contributed by atoms with E-state index in [2.05, 4.69) is 86.9 Å². The van der Waals surface area contributed by atoms with Crippen LogP contribution < -0.4 is 5.43 Å². The van der Waals surface area contributed by atoms with Crippen molar-refractivity contribution < 1.29 is 4.74 Å². The van der Waals surface area contributed by atoms with E-state index in [0.29, 0.717) is 18.0 Å². The minimum atomic E-state index is 0.340. The molecule has 0 fully saturated rings. The molecule has 0 aliphatic carbocycles. The predicted molar refractivity (Wildman–Crippen MR) is 141 cm³/mol. The normalized spacial score (nSPS) is 11.3. The van der Waals surface area contributed by atoms with Crippen molar-refractivity contribution in [1.29, 1.82) is 5.26 Å². The maximum absolute atomic E-state index is 9.64. The van der Waals surface area contributed by atoms with Gasteiger partial charge >= 0.3 is 0 Å². The summed E-state index contributed by atoms with van der Waals surface area (Å²) in [5, 5.41) is 17.7. The molecule has 2 aromatic heterocycles. The van der Waals surface area contributed by atoms with E-state index in [0.717, 1.165) is 34.3 Å². The average molecular weight is 460 g/mol. The summed E-state index contributed by atoms with van der Waals surface area (Å²) in [6.07, 6.45) is 3.89. The van der Waals surface area contributed by atoms with Gasteiger partial charge in [0.05, 0.1) is 12.8 Å². The first-order valence-corrected chi connectivity index (χ1v) is 11.4. The second kappa shape index (κ2) is 9.80. The monoisotopic (exact) mass is 459 g/mol. The maximum atomic E-state index is 9.64. The first kappa shape index (κ1) is 22.3. The zero-order chi connectivity index (χ0) is 24.2. The number of aryl methyl sites for hydroxylation is 1. The molecule has 0 saturated carbocycles. The Labute approximate surface area is 204 Å². The van der Waals surface area contributed by atoms with E-state index >= 15 is 0 Å². The Bertz CT molecular complexity index is 1590. The number of nitriles is 1. The van der Waals surface area contributed by atoms with Crippen molar-refractivity contribution in [1.82, 2.24) is 9.55 Å². The van der Waals surface area contributed by atoms with Crippen molar-refractivity contribution >= 4 is 33.7 Å². The van der Waals surface area contributed by atoms with Crippen molar-refractivity contribution in [2.75, 3.05) is 12.5 Å². The third-order valence-corrected chi connectivity index (χ3v) is 6.00. The van der Waals surface area contributed by atoms with Gasteiger partial charge in [-0.2, -0.15) is 10.4 Å². The van der Waals surface area contributed by atoms with Gasteiger partial charge in [0.1, 0.15) is 11.6 Å². The number of ether oxygens (including phenoxy) is 1. The molecule has 3 aromatic carbocycles. The number of methoxy groups -OCH3 is 1. The second-order valence-electron chi connectivity index (χ2n) is 8.47. The summed E-state index contributed by atoms with van der Waals surface area (Å²) in [4.78, 5) is 4.46. The summed E-state index contributed by atoms with van der Waals surface area (Å²) in [5.74, 6) is 0.427. The summed E-state index contributed by atoms with van der Waals surface area (Å²) in [7, 11) is 1.61. The van der Waals surface area contributed by atoms with Gasteiger partial charge < -0.3 is 9.30 Å². The van der Waals surface area contributed by atoms with E-state index in [1.54, 1.807) is 13.3 Å². The minimum absolute atomic E-state index is 0.340. The van der Waals surface area contributed by atoms with Crippen LogP contribution in [0.5, 0.6) is 0 Å². The van der Waals surface area contributed by atoms with E-state index in [1.165, 1.54) is 16.3 Å². The molecule has 6 nitrogen and oxygen atoms in total. The number of para-hydroxylation sites is 1. The highest BCUT2D eigenvalue weighted by Gasteiger charge is 2.11. The van der Waals surface area contributed by atoms with Gasteiger partial charge in [-0.1, -0.05) is 54.6 Å². The maximum Gasteiger partial charge on any atom is 0.164 e. The number of rotatable bonds is 7. The molecule has 2 heterocycles. The number of nitrogens with one attached hydrogen (secondary N) is 1. The van der Waals surface area contributed by atoms with Crippen LogP contribution in [0, 0.1) is 18.3 Å².